The summed E-state index contributed by atoms with van der Waals surface area (Å²) in [6.45, 7) is 5.14. The zero-order valence-electron chi connectivity index (χ0n) is 22.6. The number of carbonyl (C=O) groups is 1. The van der Waals surface area contributed by atoms with E-state index in [1.54, 1.807) is 12.1 Å². The molecule has 2 aromatic carbocycles. The molecular weight excluding hydrogens is 519 g/mol. The van der Waals surface area contributed by atoms with Gasteiger partial charge in [-0.25, -0.2) is 0 Å². The van der Waals surface area contributed by atoms with Gasteiger partial charge in [0.2, 0.25) is 0 Å². The number of unbranched alkanes of at least 4 members (excludes halogenated alkanes) is 1. The van der Waals surface area contributed by atoms with Crippen molar-refractivity contribution in [1.82, 2.24) is 15.5 Å². The second-order valence-electron chi connectivity index (χ2n) is 10.5. The van der Waals surface area contributed by atoms with Crippen molar-refractivity contribution in [2.45, 2.75) is 57.3 Å². The molecule has 1 N–H and O–H groups in total. The van der Waals surface area contributed by atoms with Crippen LogP contribution in [0.25, 0.3) is 0 Å². The second-order valence-corrected chi connectivity index (χ2v) is 10.5. The topological polar surface area (TPSA) is 70.6 Å². The van der Waals surface area contributed by atoms with Crippen molar-refractivity contribution in [1.29, 1.82) is 0 Å². The SMILES string of the molecule is CCCCNC(=O)c1ccc(N2CCC3(CC2)CCN(Cc2cccc(C(F)(F)F)c2)c2ccccc2O3)nn1. The highest BCUT2D eigenvalue weighted by Gasteiger charge is 2.40. The number of nitrogens with zero attached hydrogens (tertiary/aromatic N) is 4. The van der Waals surface area contributed by atoms with E-state index in [-0.39, 0.29) is 11.5 Å². The number of ether oxygens (including phenoxy) is 1. The lowest BCUT2D eigenvalue weighted by Crippen LogP contribution is -2.49. The van der Waals surface area contributed by atoms with E-state index in [0.29, 0.717) is 44.0 Å². The lowest BCUT2D eigenvalue weighted by Gasteiger charge is -2.41. The zero-order chi connectivity index (χ0) is 28.2. The molecule has 1 amide bonds. The molecule has 1 aromatic heterocycles. The van der Waals surface area contributed by atoms with Crippen LogP contribution in [0.3, 0.4) is 0 Å². The van der Waals surface area contributed by atoms with Gasteiger partial charge in [0.25, 0.3) is 5.91 Å². The summed E-state index contributed by atoms with van der Waals surface area (Å²) >= 11 is 0. The van der Waals surface area contributed by atoms with Crippen LogP contribution >= 0.6 is 0 Å². The number of alkyl halides is 3. The first-order valence-corrected chi connectivity index (χ1v) is 13.8. The number of carbonyl (C=O) groups excluding carboxylic acids is 1. The molecule has 2 aliphatic heterocycles. The van der Waals surface area contributed by atoms with Crippen molar-refractivity contribution in [3.8, 4) is 5.75 Å². The third-order valence-corrected chi connectivity index (χ3v) is 7.70. The predicted octanol–water partition coefficient (Wildman–Crippen LogP) is 5.85. The van der Waals surface area contributed by atoms with Crippen LogP contribution in [0.5, 0.6) is 5.75 Å². The van der Waals surface area contributed by atoms with Gasteiger partial charge >= 0.3 is 6.18 Å². The summed E-state index contributed by atoms with van der Waals surface area (Å²) in [6.07, 6.45) is -0.178. The van der Waals surface area contributed by atoms with E-state index in [1.165, 1.54) is 12.1 Å². The fourth-order valence-electron chi connectivity index (χ4n) is 5.36. The number of anilines is 2. The minimum absolute atomic E-state index is 0.217. The monoisotopic (exact) mass is 553 g/mol. The molecule has 3 heterocycles. The molecule has 0 unspecified atom stereocenters. The van der Waals surface area contributed by atoms with E-state index in [0.717, 1.165) is 55.4 Å². The predicted molar refractivity (Wildman–Crippen MR) is 148 cm³/mol. The third-order valence-electron chi connectivity index (χ3n) is 7.70. The summed E-state index contributed by atoms with van der Waals surface area (Å²) in [6, 6.07) is 16.8. The second kappa shape index (κ2) is 11.7. The minimum Gasteiger partial charge on any atom is -0.485 e. The first kappa shape index (κ1) is 27.7. The van der Waals surface area contributed by atoms with Crippen molar-refractivity contribution in [2.24, 2.45) is 0 Å². The number of fused-ring (bicyclic) bond motifs is 1. The number of para-hydroxylation sites is 2. The van der Waals surface area contributed by atoms with Crippen LogP contribution in [0.1, 0.15) is 60.6 Å². The summed E-state index contributed by atoms with van der Waals surface area (Å²) in [7, 11) is 0. The van der Waals surface area contributed by atoms with Gasteiger partial charge in [-0.15, -0.1) is 10.2 Å². The van der Waals surface area contributed by atoms with E-state index in [1.807, 2.05) is 30.3 Å². The molecule has 1 spiro atoms. The molecule has 40 heavy (non-hydrogen) atoms. The lowest BCUT2D eigenvalue weighted by atomic mass is 9.87. The molecule has 0 radical (unpaired) electrons. The largest absolute Gasteiger partial charge is 0.485 e. The fraction of sp³-hybridized carbons (Fsp3) is 0.433. The van der Waals surface area contributed by atoms with Crippen LogP contribution in [0.2, 0.25) is 0 Å². The molecule has 0 atom stereocenters. The van der Waals surface area contributed by atoms with Gasteiger partial charge in [-0.1, -0.05) is 37.6 Å². The van der Waals surface area contributed by atoms with E-state index < -0.39 is 11.7 Å². The Kier molecular flexibility index (Phi) is 8.14. The summed E-state index contributed by atoms with van der Waals surface area (Å²) in [4.78, 5) is 16.5. The Hall–Kier alpha value is -3.82. The summed E-state index contributed by atoms with van der Waals surface area (Å²) in [5, 5.41) is 11.3. The van der Waals surface area contributed by atoms with Gasteiger partial charge in [-0.05, 0) is 48.4 Å². The first-order valence-electron chi connectivity index (χ1n) is 13.8. The first-order chi connectivity index (χ1) is 19.3. The van der Waals surface area contributed by atoms with Crippen LogP contribution in [0.4, 0.5) is 24.7 Å². The standard InChI is InChI=1S/C30H34F3N5O2/c1-2-3-16-34-28(39)24-11-12-27(36-35-24)37-17-13-29(14-18-37)15-19-38(25-9-4-5-10-26(25)40-29)21-22-7-6-8-23(20-22)30(31,32)33/h4-12,20H,2-3,13-19,21H2,1H3,(H,34,39). The van der Waals surface area contributed by atoms with Gasteiger partial charge in [0.15, 0.2) is 11.5 Å². The molecule has 0 bridgehead atoms. The van der Waals surface area contributed by atoms with Crippen molar-refractivity contribution >= 4 is 17.4 Å². The van der Waals surface area contributed by atoms with Crippen molar-refractivity contribution in [3.05, 3.63) is 77.5 Å². The lowest BCUT2D eigenvalue weighted by molar-refractivity contribution is -0.137. The average molecular weight is 554 g/mol. The average Bonchev–Trinajstić information content (AvgIpc) is 3.10. The normalized spacial score (nSPS) is 16.7. The van der Waals surface area contributed by atoms with E-state index in [9.17, 15) is 18.0 Å². The van der Waals surface area contributed by atoms with Gasteiger partial charge in [-0.2, -0.15) is 13.2 Å². The van der Waals surface area contributed by atoms with Gasteiger partial charge in [0, 0.05) is 52.0 Å². The van der Waals surface area contributed by atoms with Crippen LogP contribution in [0.15, 0.2) is 60.7 Å². The highest BCUT2D eigenvalue weighted by atomic mass is 19.4. The Balaban J connectivity index is 1.25. The van der Waals surface area contributed by atoms with Crippen molar-refractivity contribution in [3.63, 3.8) is 0 Å². The summed E-state index contributed by atoms with van der Waals surface area (Å²) < 4.78 is 46.6. The van der Waals surface area contributed by atoms with Crippen molar-refractivity contribution in [2.75, 3.05) is 36.0 Å². The Labute approximate surface area is 232 Å². The molecule has 0 aliphatic carbocycles. The number of amides is 1. The molecule has 212 valence electrons. The van der Waals surface area contributed by atoms with E-state index >= 15 is 0 Å². The summed E-state index contributed by atoms with van der Waals surface area (Å²) in [5.74, 6) is 1.25. The number of nitrogens with one attached hydrogen (secondary N) is 1. The number of aromatic nitrogens is 2. The number of hydrogen-bond acceptors (Lipinski definition) is 6. The Bertz CT molecular complexity index is 1310. The van der Waals surface area contributed by atoms with Gasteiger partial charge in [-0.3, -0.25) is 4.79 Å². The van der Waals surface area contributed by atoms with Gasteiger partial charge in [0.1, 0.15) is 11.4 Å². The molecule has 10 heteroatoms. The maximum Gasteiger partial charge on any atom is 0.416 e. The maximum absolute atomic E-state index is 13.3. The van der Waals surface area contributed by atoms with Crippen LogP contribution < -0.4 is 19.9 Å². The molecule has 1 fully saturated rings. The number of halogens is 3. The molecule has 5 rings (SSSR count). The molecular formula is C30H34F3N5O2. The maximum atomic E-state index is 13.3. The zero-order valence-corrected chi connectivity index (χ0v) is 22.6. The Morgan fingerprint density at radius 1 is 1.00 bits per heavy atom. The number of piperidine rings is 1. The molecule has 0 saturated carbocycles. The van der Waals surface area contributed by atoms with E-state index in [2.05, 4.69) is 32.2 Å². The molecule has 3 aromatic rings. The van der Waals surface area contributed by atoms with Crippen LogP contribution in [-0.4, -0.2) is 47.9 Å². The fourth-order valence-corrected chi connectivity index (χ4v) is 5.36. The minimum atomic E-state index is -4.38. The molecule has 7 nitrogen and oxygen atoms in total. The Morgan fingerprint density at radius 2 is 1.77 bits per heavy atom. The number of rotatable bonds is 7. The number of hydrogen-bond donors (Lipinski definition) is 1. The van der Waals surface area contributed by atoms with Crippen LogP contribution in [-0.2, 0) is 12.7 Å². The van der Waals surface area contributed by atoms with Gasteiger partial charge < -0.3 is 19.9 Å². The molecule has 2 aliphatic rings. The quantitative estimate of drug-likeness (QED) is 0.370. The van der Waals surface area contributed by atoms with Gasteiger partial charge in [0.05, 0.1) is 11.3 Å². The number of benzene rings is 2. The van der Waals surface area contributed by atoms with E-state index in [4.69, 9.17) is 4.74 Å². The molecule has 1 saturated heterocycles. The smallest absolute Gasteiger partial charge is 0.416 e. The highest BCUT2D eigenvalue weighted by molar-refractivity contribution is 5.92. The summed E-state index contributed by atoms with van der Waals surface area (Å²) in [5.41, 5.74) is 0.774. The third kappa shape index (κ3) is 6.32. The highest BCUT2D eigenvalue weighted by Crippen LogP contribution is 2.41. The van der Waals surface area contributed by atoms with Crippen molar-refractivity contribution < 1.29 is 22.7 Å². The van der Waals surface area contributed by atoms with Crippen LogP contribution in [0, 0.1) is 0 Å². The Morgan fingerprint density at radius 3 is 2.50 bits per heavy atom.